The molecule has 90 valence electrons. The molecule has 2 aromatic rings. The number of rotatable bonds is 1. The number of benzene rings is 1. The molecule has 3 rings (SSSR count). The van der Waals surface area contributed by atoms with E-state index in [2.05, 4.69) is 39.6 Å². The third-order valence-electron chi connectivity index (χ3n) is 3.38. The van der Waals surface area contributed by atoms with Crippen molar-refractivity contribution in [2.24, 2.45) is 7.05 Å². The molecule has 1 saturated heterocycles. The van der Waals surface area contributed by atoms with E-state index in [1.165, 1.54) is 17.3 Å². The number of hydrogen-bond donors (Lipinski definition) is 1. The predicted octanol–water partition coefficient (Wildman–Crippen LogP) is 1.37. The maximum atomic E-state index is 4.67. The Kier molecular flexibility index (Phi) is 2.73. The third kappa shape index (κ3) is 1.89. The van der Waals surface area contributed by atoms with Crippen LogP contribution in [0.4, 0.5) is 5.82 Å². The number of aromatic nitrogens is 2. The second-order valence-corrected chi connectivity index (χ2v) is 4.55. The molecule has 0 spiro atoms. The van der Waals surface area contributed by atoms with Gasteiger partial charge in [0.05, 0.1) is 5.52 Å². The molecule has 0 atom stereocenters. The van der Waals surface area contributed by atoms with Crippen molar-refractivity contribution < 1.29 is 0 Å². The highest BCUT2D eigenvalue weighted by Crippen LogP contribution is 2.25. The van der Waals surface area contributed by atoms with Gasteiger partial charge in [0.2, 0.25) is 0 Å². The van der Waals surface area contributed by atoms with Crippen LogP contribution in [0.2, 0.25) is 0 Å². The van der Waals surface area contributed by atoms with E-state index in [0.717, 1.165) is 32.0 Å². The molecule has 0 unspecified atom stereocenters. The van der Waals surface area contributed by atoms with Crippen LogP contribution < -0.4 is 10.2 Å². The number of hydrogen-bond acceptors (Lipinski definition) is 3. The van der Waals surface area contributed by atoms with Crippen LogP contribution in [0.25, 0.3) is 10.9 Å². The number of anilines is 1. The Bertz CT molecular complexity index is 509. The molecule has 1 aromatic heterocycles. The van der Waals surface area contributed by atoms with E-state index in [-0.39, 0.29) is 0 Å². The standard InChI is InChI=1S/C13H18N4/c1-16-12-6-3-2-5-11(12)13(15-16)17-9-4-7-14-8-10-17/h2-3,5-6,14H,4,7-10H2,1H3. The first-order chi connectivity index (χ1) is 8.36. The summed E-state index contributed by atoms with van der Waals surface area (Å²) in [5, 5.41) is 9.36. The van der Waals surface area contributed by atoms with E-state index < -0.39 is 0 Å². The lowest BCUT2D eigenvalue weighted by molar-refractivity contribution is 0.724. The molecule has 1 fully saturated rings. The number of aryl methyl sites for hydroxylation is 1. The smallest absolute Gasteiger partial charge is 0.158 e. The summed E-state index contributed by atoms with van der Waals surface area (Å²) in [6.07, 6.45) is 1.19. The second kappa shape index (κ2) is 4.37. The minimum atomic E-state index is 1.04. The Morgan fingerprint density at radius 3 is 3.00 bits per heavy atom. The summed E-state index contributed by atoms with van der Waals surface area (Å²) < 4.78 is 1.98. The average Bonchev–Trinajstić information content (AvgIpc) is 2.57. The number of nitrogens with zero attached hydrogens (tertiary/aromatic N) is 3. The van der Waals surface area contributed by atoms with Gasteiger partial charge >= 0.3 is 0 Å². The van der Waals surface area contributed by atoms with Crippen molar-refractivity contribution in [1.29, 1.82) is 0 Å². The van der Waals surface area contributed by atoms with Crippen molar-refractivity contribution in [2.75, 3.05) is 31.1 Å². The number of nitrogens with one attached hydrogen (secondary N) is 1. The highest BCUT2D eigenvalue weighted by Gasteiger charge is 2.16. The lowest BCUT2D eigenvalue weighted by atomic mass is 10.2. The molecule has 1 aliphatic heterocycles. The SMILES string of the molecule is Cn1nc(N2CCCNCC2)c2ccccc21. The molecular weight excluding hydrogens is 212 g/mol. The lowest BCUT2D eigenvalue weighted by Gasteiger charge is -2.19. The largest absolute Gasteiger partial charge is 0.353 e. The fourth-order valence-electron chi connectivity index (χ4n) is 2.49. The summed E-state index contributed by atoms with van der Waals surface area (Å²) in [5.41, 5.74) is 1.21. The minimum Gasteiger partial charge on any atom is -0.353 e. The molecule has 0 saturated carbocycles. The molecule has 0 radical (unpaired) electrons. The van der Waals surface area contributed by atoms with Gasteiger partial charge in [-0.05, 0) is 25.1 Å². The van der Waals surface area contributed by atoms with E-state index >= 15 is 0 Å². The molecule has 1 N–H and O–H groups in total. The highest BCUT2D eigenvalue weighted by molar-refractivity contribution is 5.90. The van der Waals surface area contributed by atoms with Gasteiger partial charge in [-0.3, -0.25) is 4.68 Å². The summed E-state index contributed by atoms with van der Waals surface area (Å²) in [5.74, 6) is 1.13. The first kappa shape index (κ1) is 10.6. The molecule has 0 aliphatic carbocycles. The lowest BCUT2D eigenvalue weighted by Crippen LogP contribution is -2.28. The first-order valence-electron chi connectivity index (χ1n) is 6.23. The predicted molar refractivity (Wildman–Crippen MR) is 70.4 cm³/mol. The Hall–Kier alpha value is -1.55. The van der Waals surface area contributed by atoms with Gasteiger partial charge in [-0.2, -0.15) is 5.10 Å². The van der Waals surface area contributed by atoms with Crippen LogP contribution in [0, 0.1) is 0 Å². The van der Waals surface area contributed by atoms with E-state index in [1.807, 2.05) is 11.7 Å². The minimum absolute atomic E-state index is 1.04. The average molecular weight is 230 g/mol. The van der Waals surface area contributed by atoms with Crippen LogP contribution in [0.3, 0.4) is 0 Å². The maximum Gasteiger partial charge on any atom is 0.158 e. The molecule has 1 aliphatic rings. The molecular formula is C13H18N4. The van der Waals surface area contributed by atoms with Gasteiger partial charge in [-0.25, -0.2) is 0 Å². The normalized spacial score (nSPS) is 17.4. The van der Waals surface area contributed by atoms with Gasteiger partial charge in [-0.15, -0.1) is 0 Å². The van der Waals surface area contributed by atoms with Gasteiger partial charge < -0.3 is 10.2 Å². The van der Waals surface area contributed by atoms with Crippen molar-refractivity contribution in [3.63, 3.8) is 0 Å². The van der Waals surface area contributed by atoms with Crippen molar-refractivity contribution in [3.05, 3.63) is 24.3 Å². The molecule has 1 aromatic carbocycles. The number of para-hydroxylation sites is 1. The van der Waals surface area contributed by atoms with Crippen LogP contribution >= 0.6 is 0 Å². The van der Waals surface area contributed by atoms with Crippen LogP contribution in [-0.2, 0) is 7.05 Å². The number of fused-ring (bicyclic) bond motifs is 1. The van der Waals surface area contributed by atoms with Crippen molar-refractivity contribution in [1.82, 2.24) is 15.1 Å². The van der Waals surface area contributed by atoms with Gasteiger partial charge in [0.15, 0.2) is 5.82 Å². The Morgan fingerprint density at radius 2 is 2.06 bits per heavy atom. The van der Waals surface area contributed by atoms with Crippen LogP contribution in [0.5, 0.6) is 0 Å². The zero-order valence-electron chi connectivity index (χ0n) is 10.2. The zero-order valence-corrected chi connectivity index (χ0v) is 10.2. The van der Waals surface area contributed by atoms with E-state index in [4.69, 9.17) is 0 Å². The Labute approximate surface area is 101 Å². The van der Waals surface area contributed by atoms with Crippen molar-refractivity contribution in [3.8, 4) is 0 Å². The van der Waals surface area contributed by atoms with Crippen LogP contribution in [-0.4, -0.2) is 36.0 Å². The summed E-state index contributed by atoms with van der Waals surface area (Å²) >= 11 is 0. The Morgan fingerprint density at radius 1 is 1.18 bits per heavy atom. The third-order valence-corrected chi connectivity index (χ3v) is 3.38. The zero-order chi connectivity index (χ0) is 11.7. The molecule has 0 amide bonds. The van der Waals surface area contributed by atoms with Gasteiger partial charge in [0, 0.05) is 32.1 Å². The highest BCUT2D eigenvalue weighted by atomic mass is 15.3. The first-order valence-corrected chi connectivity index (χ1v) is 6.23. The van der Waals surface area contributed by atoms with Crippen molar-refractivity contribution >= 4 is 16.7 Å². The van der Waals surface area contributed by atoms with E-state index in [9.17, 15) is 0 Å². The monoisotopic (exact) mass is 230 g/mol. The summed E-state index contributed by atoms with van der Waals surface area (Å²) in [7, 11) is 2.02. The van der Waals surface area contributed by atoms with Crippen LogP contribution in [0.1, 0.15) is 6.42 Å². The van der Waals surface area contributed by atoms with E-state index in [0.29, 0.717) is 0 Å². The molecule has 2 heterocycles. The van der Waals surface area contributed by atoms with Crippen molar-refractivity contribution in [2.45, 2.75) is 6.42 Å². The molecule has 4 nitrogen and oxygen atoms in total. The summed E-state index contributed by atoms with van der Waals surface area (Å²) in [4.78, 5) is 2.39. The maximum absolute atomic E-state index is 4.67. The van der Waals surface area contributed by atoms with Gasteiger partial charge in [0.1, 0.15) is 0 Å². The van der Waals surface area contributed by atoms with Gasteiger partial charge in [0.25, 0.3) is 0 Å². The fraction of sp³-hybridized carbons (Fsp3) is 0.462. The quantitative estimate of drug-likeness (QED) is 0.803. The molecule has 0 bridgehead atoms. The Balaban J connectivity index is 2.04. The molecule has 17 heavy (non-hydrogen) atoms. The summed E-state index contributed by atoms with van der Waals surface area (Å²) in [6.45, 7) is 4.29. The van der Waals surface area contributed by atoms with E-state index in [1.54, 1.807) is 0 Å². The van der Waals surface area contributed by atoms with Gasteiger partial charge in [-0.1, -0.05) is 12.1 Å². The fourth-order valence-corrected chi connectivity index (χ4v) is 2.49. The summed E-state index contributed by atoms with van der Waals surface area (Å²) in [6, 6.07) is 8.44. The molecule has 4 heteroatoms. The van der Waals surface area contributed by atoms with Crippen LogP contribution in [0.15, 0.2) is 24.3 Å². The second-order valence-electron chi connectivity index (χ2n) is 4.55. The topological polar surface area (TPSA) is 33.1 Å².